The van der Waals surface area contributed by atoms with Crippen molar-refractivity contribution in [2.75, 3.05) is 27.0 Å². The van der Waals surface area contributed by atoms with Crippen LogP contribution in [0.3, 0.4) is 0 Å². The number of carbonyl (C=O) groups is 1. The maximum absolute atomic E-state index is 12.0. The molecule has 0 bridgehead atoms. The molecule has 0 heterocycles. The molecule has 1 aromatic rings. The first-order valence-corrected chi connectivity index (χ1v) is 8.56. The molecule has 4 nitrogen and oxygen atoms in total. The fraction of sp³-hybridized carbons (Fsp3) is 0.562. The summed E-state index contributed by atoms with van der Waals surface area (Å²) in [6.45, 7) is 1.39. The van der Waals surface area contributed by atoms with E-state index >= 15 is 0 Å². The van der Waals surface area contributed by atoms with Crippen LogP contribution < -0.4 is 10.1 Å². The summed E-state index contributed by atoms with van der Waals surface area (Å²) in [6.07, 6.45) is 5.82. The molecule has 1 fully saturated rings. The number of ether oxygens (including phenoxy) is 1. The van der Waals surface area contributed by atoms with Gasteiger partial charge in [0.2, 0.25) is 0 Å². The van der Waals surface area contributed by atoms with Gasteiger partial charge in [0.1, 0.15) is 5.75 Å². The third-order valence-electron chi connectivity index (χ3n) is 3.98. The number of hydrogen-bond donors (Lipinski definition) is 1. The van der Waals surface area contributed by atoms with Crippen molar-refractivity contribution in [2.24, 2.45) is 5.92 Å². The second-order valence-corrected chi connectivity index (χ2v) is 6.38. The number of methoxy groups -OCH3 is 1. The number of amides is 2. The third-order valence-corrected chi connectivity index (χ3v) is 4.76. The fourth-order valence-electron chi connectivity index (χ4n) is 2.39. The van der Waals surface area contributed by atoms with Crippen molar-refractivity contribution < 1.29 is 9.53 Å². The van der Waals surface area contributed by atoms with Gasteiger partial charge in [-0.1, -0.05) is 12.5 Å². The number of rotatable bonds is 6. The van der Waals surface area contributed by atoms with E-state index in [4.69, 9.17) is 4.74 Å². The number of urea groups is 1. The predicted octanol–water partition coefficient (Wildman–Crippen LogP) is 3.36. The van der Waals surface area contributed by atoms with Crippen LogP contribution in [0.25, 0.3) is 0 Å². The SMILES string of the molecule is COc1cc(CN(C)C(=O)NCC2CCC2)ccc1SC. The molecule has 1 aliphatic rings. The molecule has 0 saturated heterocycles. The van der Waals surface area contributed by atoms with Crippen LogP contribution in [0, 0.1) is 5.92 Å². The quantitative estimate of drug-likeness (QED) is 0.819. The number of benzene rings is 1. The third kappa shape index (κ3) is 4.30. The summed E-state index contributed by atoms with van der Waals surface area (Å²) < 4.78 is 5.38. The number of nitrogens with one attached hydrogen (secondary N) is 1. The smallest absolute Gasteiger partial charge is 0.317 e. The van der Waals surface area contributed by atoms with Gasteiger partial charge >= 0.3 is 6.03 Å². The maximum Gasteiger partial charge on any atom is 0.317 e. The van der Waals surface area contributed by atoms with Crippen LogP contribution in [0.4, 0.5) is 4.79 Å². The molecule has 1 N–H and O–H groups in total. The summed E-state index contributed by atoms with van der Waals surface area (Å²) in [4.78, 5) is 14.9. The van der Waals surface area contributed by atoms with E-state index in [0.29, 0.717) is 12.5 Å². The zero-order valence-electron chi connectivity index (χ0n) is 13.0. The Bertz CT molecular complexity index is 489. The monoisotopic (exact) mass is 308 g/mol. The van der Waals surface area contributed by atoms with Gasteiger partial charge in [0, 0.05) is 25.0 Å². The lowest BCUT2D eigenvalue weighted by atomic mass is 9.85. The number of hydrogen-bond acceptors (Lipinski definition) is 3. The van der Waals surface area contributed by atoms with E-state index < -0.39 is 0 Å². The van der Waals surface area contributed by atoms with Crippen molar-refractivity contribution in [3.63, 3.8) is 0 Å². The van der Waals surface area contributed by atoms with E-state index in [-0.39, 0.29) is 6.03 Å². The maximum atomic E-state index is 12.0. The molecule has 0 aromatic heterocycles. The molecule has 5 heteroatoms. The van der Waals surface area contributed by atoms with E-state index in [1.165, 1.54) is 19.3 Å². The van der Waals surface area contributed by atoms with Crippen LogP contribution in [0.2, 0.25) is 0 Å². The molecule has 21 heavy (non-hydrogen) atoms. The van der Waals surface area contributed by atoms with Gasteiger partial charge in [-0.05, 0) is 42.7 Å². The molecule has 1 aliphatic carbocycles. The highest BCUT2D eigenvalue weighted by Crippen LogP contribution is 2.28. The predicted molar refractivity (Wildman–Crippen MR) is 87.0 cm³/mol. The molecule has 0 radical (unpaired) electrons. The topological polar surface area (TPSA) is 41.6 Å². The molecule has 2 amide bonds. The first-order chi connectivity index (χ1) is 10.1. The summed E-state index contributed by atoms with van der Waals surface area (Å²) in [5, 5.41) is 3.01. The number of carbonyl (C=O) groups excluding carboxylic acids is 1. The Morgan fingerprint density at radius 2 is 2.24 bits per heavy atom. The highest BCUT2D eigenvalue weighted by Gasteiger charge is 2.19. The van der Waals surface area contributed by atoms with Gasteiger partial charge in [0.15, 0.2) is 0 Å². The van der Waals surface area contributed by atoms with Crippen LogP contribution in [0.5, 0.6) is 5.75 Å². The van der Waals surface area contributed by atoms with Crippen molar-refractivity contribution in [2.45, 2.75) is 30.7 Å². The molecular formula is C16H24N2O2S. The number of nitrogens with zero attached hydrogens (tertiary/aromatic N) is 1. The minimum atomic E-state index is -0.00481. The molecule has 2 rings (SSSR count). The van der Waals surface area contributed by atoms with Gasteiger partial charge in [0.05, 0.1) is 7.11 Å². The molecule has 1 saturated carbocycles. The molecule has 116 valence electrons. The summed E-state index contributed by atoms with van der Waals surface area (Å²) in [7, 11) is 3.50. The molecule has 0 aliphatic heterocycles. The summed E-state index contributed by atoms with van der Waals surface area (Å²) in [5.74, 6) is 1.55. The molecule has 0 atom stereocenters. The van der Waals surface area contributed by atoms with Gasteiger partial charge in [-0.2, -0.15) is 0 Å². The Balaban J connectivity index is 1.88. The van der Waals surface area contributed by atoms with Crippen molar-refractivity contribution in [1.82, 2.24) is 10.2 Å². The summed E-state index contributed by atoms with van der Waals surface area (Å²) in [5.41, 5.74) is 1.07. The Morgan fingerprint density at radius 3 is 2.81 bits per heavy atom. The van der Waals surface area contributed by atoms with Gasteiger partial charge in [-0.25, -0.2) is 4.79 Å². The molecular weight excluding hydrogens is 284 g/mol. The minimum absolute atomic E-state index is 0.00481. The van der Waals surface area contributed by atoms with Crippen molar-refractivity contribution in [1.29, 1.82) is 0 Å². The van der Waals surface area contributed by atoms with Crippen LogP contribution in [-0.2, 0) is 6.54 Å². The average molecular weight is 308 g/mol. The first-order valence-electron chi connectivity index (χ1n) is 7.34. The first kappa shape index (κ1) is 16.0. The lowest BCUT2D eigenvalue weighted by molar-refractivity contribution is 0.200. The van der Waals surface area contributed by atoms with E-state index in [0.717, 1.165) is 22.8 Å². The van der Waals surface area contributed by atoms with Crippen molar-refractivity contribution in [3.8, 4) is 5.75 Å². The van der Waals surface area contributed by atoms with Crippen molar-refractivity contribution in [3.05, 3.63) is 23.8 Å². The van der Waals surface area contributed by atoms with Crippen LogP contribution >= 0.6 is 11.8 Å². The fourth-order valence-corrected chi connectivity index (χ4v) is 2.94. The highest BCUT2D eigenvalue weighted by molar-refractivity contribution is 7.98. The van der Waals surface area contributed by atoms with Gasteiger partial charge < -0.3 is 15.0 Å². The van der Waals surface area contributed by atoms with E-state index in [9.17, 15) is 4.79 Å². The number of thioether (sulfide) groups is 1. The summed E-state index contributed by atoms with van der Waals surface area (Å²) >= 11 is 1.66. The zero-order chi connectivity index (χ0) is 15.2. The highest BCUT2D eigenvalue weighted by atomic mass is 32.2. The van der Waals surface area contributed by atoms with E-state index in [1.807, 2.05) is 31.5 Å². The van der Waals surface area contributed by atoms with E-state index in [2.05, 4.69) is 5.32 Å². The Morgan fingerprint density at radius 1 is 1.48 bits per heavy atom. The lowest BCUT2D eigenvalue weighted by Crippen LogP contribution is -2.40. The standard InChI is InChI=1S/C16H24N2O2S/c1-18(16(19)17-10-12-5-4-6-12)11-13-7-8-15(21-3)14(9-13)20-2/h7-9,12H,4-6,10-11H2,1-3H3,(H,17,19). The van der Waals surface area contributed by atoms with Gasteiger partial charge in [0.25, 0.3) is 0 Å². The molecule has 1 aromatic carbocycles. The van der Waals surface area contributed by atoms with Crippen LogP contribution in [-0.4, -0.2) is 37.9 Å². The molecule has 0 spiro atoms. The molecule has 0 unspecified atom stereocenters. The largest absolute Gasteiger partial charge is 0.496 e. The second kappa shape index (κ2) is 7.59. The second-order valence-electron chi connectivity index (χ2n) is 5.53. The Kier molecular flexibility index (Phi) is 5.79. The lowest BCUT2D eigenvalue weighted by Gasteiger charge is -2.27. The minimum Gasteiger partial charge on any atom is -0.496 e. The van der Waals surface area contributed by atoms with Gasteiger partial charge in [-0.3, -0.25) is 0 Å². The zero-order valence-corrected chi connectivity index (χ0v) is 13.8. The Hall–Kier alpha value is -1.36. The van der Waals surface area contributed by atoms with Gasteiger partial charge in [-0.15, -0.1) is 11.8 Å². The van der Waals surface area contributed by atoms with Crippen molar-refractivity contribution >= 4 is 17.8 Å². The summed E-state index contributed by atoms with van der Waals surface area (Å²) in [6, 6.07) is 6.08. The normalized spacial score (nSPS) is 14.4. The Labute approximate surface area is 131 Å². The van der Waals surface area contributed by atoms with Crippen LogP contribution in [0.1, 0.15) is 24.8 Å². The van der Waals surface area contributed by atoms with E-state index in [1.54, 1.807) is 23.8 Å². The van der Waals surface area contributed by atoms with Crippen LogP contribution in [0.15, 0.2) is 23.1 Å². The average Bonchev–Trinajstić information content (AvgIpc) is 2.45.